The zero-order chi connectivity index (χ0) is 16.8. The van der Waals surface area contributed by atoms with Crippen LogP contribution >= 0.6 is 0 Å². The molecule has 1 heterocycles. The quantitative estimate of drug-likeness (QED) is 0.587. The summed E-state index contributed by atoms with van der Waals surface area (Å²) in [5.74, 6) is -0.376. The predicted molar refractivity (Wildman–Crippen MR) is 84.3 cm³/mol. The average molecular weight is 327 g/mol. The number of nitrogens with zero attached hydrogens (tertiary/aromatic N) is 2. The van der Waals surface area contributed by atoms with Crippen molar-refractivity contribution in [2.45, 2.75) is 12.8 Å². The molecule has 0 unspecified atom stereocenters. The maximum absolute atomic E-state index is 13.6. The van der Waals surface area contributed by atoms with Crippen LogP contribution in [-0.2, 0) is 0 Å². The number of hydrogen-bond donors (Lipinski definition) is 2. The first-order chi connectivity index (χ1) is 11.0. The van der Waals surface area contributed by atoms with Crippen molar-refractivity contribution < 1.29 is 19.2 Å². The number of piperidine rings is 1. The number of β-amino-alcohol motifs (C(OH)–C–C–N with tert-alkyl or cyclic N) is 1. The third-order valence-electron chi connectivity index (χ3n) is 4.17. The molecule has 1 saturated heterocycles. The van der Waals surface area contributed by atoms with Crippen molar-refractivity contribution >= 4 is 11.4 Å². The van der Waals surface area contributed by atoms with E-state index in [-0.39, 0.29) is 23.7 Å². The van der Waals surface area contributed by atoms with Gasteiger partial charge in [0.2, 0.25) is 0 Å². The summed E-state index contributed by atoms with van der Waals surface area (Å²) in [5, 5.41) is 23.1. The van der Waals surface area contributed by atoms with Crippen LogP contribution < -0.4 is 10.1 Å². The summed E-state index contributed by atoms with van der Waals surface area (Å²) in [7, 11) is 1.32. The number of anilines is 1. The molecule has 0 radical (unpaired) electrons. The van der Waals surface area contributed by atoms with E-state index in [1.165, 1.54) is 13.2 Å². The lowest BCUT2D eigenvalue weighted by Crippen LogP contribution is -2.37. The molecule has 128 valence electrons. The number of hydrogen-bond acceptors (Lipinski definition) is 6. The zero-order valence-corrected chi connectivity index (χ0v) is 13.1. The van der Waals surface area contributed by atoms with Gasteiger partial charge in [0.05, 0.1) is 24.7 Å². The summed E-state index contributed by atoms with van der Waals surface area (Å²) in [6, 6.07) is 2.21. The molecule has 0 aliphatic carbocycles. The highest BCUT2D eigenvalue weighted by Gasteiger charge is 2.22. The molecule has 2 N–H and O–H groups in total. The van der Waals surface area contributed by atoms with Gasteiger partial charge in [-0.3, -0.25) is 10.1 Å². The van der Waals surface area contributed by atoms with Gasteiger partial charge < -0.3 is 20.1 Å². The molecule has 1 fully saturated rings. The normalized spacial score (nSPS) is 16.3. The van der Waals surface area contributed by atoms with Crippen LogP contribution in [0.25, 0.3) is 0 Å². The minimum atomic E-state index is -0.748. The Bertz CT molecular complexity index is 548. The van der Waals surface area contributed by atoms with E-state index in [4.69, 9.17) is 9.84 Å². The van der Waals surface area contributed by atoms with Gasteiger partial charge in [-0.05, 0) is 31.8 Å². The number of nitro benzene ring substituents is 1. The van der Waals surface area contributed by atoms with Gasteiger partial charge in [0.25, 0.3) is 5.69 Å². The van der Waals surface area contributed by atoms with Crippen molar-refractivity contribution in [2.75, 3.05) is 45.2 Å². The topological polar surface area (TPSA) is 87.9 Å². The van der Waals surface area contributed by atoms with E-state index < -0.39 is 10.7 Å². The van der Waals surface area contributed by atoms with E-state index in [2.05, 4.69) is 10.2 Å². The average Bonchev–Trinajstić information content (AvgIpc) is 2.55. The first-order valence-electron chi connectivity index (χ1n) is 7.64. The summed E-state index contributed by atoms with van der Waals surface area (Å²) in [6.45, 7) is 3.23. The molecule has 0 saturated carbocycles. The van der Waals surface area contributed by atoms with Gasteiger partial charge in [0.1, 0.15) is 5.69 Å². The highest BCUT2D eigenvalue weighted by atomic mass is 19.1. The summed E-state index contributed by atoms with van der Waals surface area (Å²) in [4.78, 5) is 12.7. The number of aliphatic hydroxyl groups is 1. The number of ether oxygens (including phenoxy) is 1. The fourth-order valence-corrected chi connectivity index (χ4v) is 2.80. The summed E-state index contributed by atoms with van der Waals surface area (Å²) < 4.78 is 18.5. The minimum absolute atomic E-state index is 0.0177. The smallest absolute Gasteiger partial charge is 0.295 e. The molecule has 1 aromatic carbocycles. The van der Waals surface area contributed by atoms with E-state index in [9.17, 15) is 14.5 Å². The molecule has 0 spiro atoms. The highest BCUT2D eigenvalue weighted by molar-refractivity contribution is 5.64. The molecular weight excluding hydrogens is 305 g/mol. The number of methoxy groups -OCH3 is 1. The van der Waals surface area contributed by atoms with Crippen LogP contribution in [-0.4, -0.2) is 54.8 Å². The predicted octanol–water partition coefficient (Wildman–Crippen LogP) is 1.86. The van der Waals surface area contributed by atoms with E-state index in [1.807, 2.05) is 0 Å². The Morgan fingerprint density at radius 3 is 2.74 bits per heavy atom. The van der Waals surface area contributed by atoms with Crippen molar-refractivity contribution in [1.29, 1.82) is 0 Å². The lowest BCUT2D eigenvalue weighted by atomic mass is 9.96. The Kier molecular flexibility index (Phi) is 6.12. The molecule has 1 aliphatic rings. The van der Waals surface area contributed by atoms with Gasteiger partial charge in [0.15, 0.2) is 11.6 Å². The van der Waals surface area contributed by atoms with Crippen LogP contribution in [0.2, 0.25) is 0 Å². The number of benzene rings is 1. The van der Waals surface area contributed by atoms with Crippen LogP contribution in [0.1, 0.15) is 12.8 Å². The van der Waals surface area contributed by atoms with Crippen LogP contribution in [0.4, 0.5) is 15.8 Å². The third kappa shape index (κ3) is 4.52. The van der Waals surface area contributed by atoms with Crippen molar-refractivity contribution in [3.63, 3.8) is 0 Å². The molecule has 1 aliphatic heterocycles. The second-order valence-corrected chi connectivity index (χ2v) is 5.65. The largest absolute Gasteiger partial charge is 0.494 e. The van der Waals surface area contributed by atoms with Gasteiger partial charge in [0, 0.05) is 19.2 Å². The first-order valence-corrected chi connectivity index (χ1v) is 7.64. The number of nitrogens with one attached hydrogen (secondary N) is 1. The van der Waals surface area contributed by atoms with Gasteiger partial charge >= 0.3 is 0 Å². The van der Waals surface area contributed by atoms with Gasteiger partial charge in [-0.25, -0.2) is 4.39 Å². The summed E-state index contributed by atoms with van der Waals surface area (Å²) in [6.07, 6.45) is 1.91. The minimum Gasteiger partial charge on any atom is -0.494 e. The number of likely N-dealkylation sites (tertiary alicyclic amines) is 1. The maximum Gasteiger partial charge on any atom is 0.295 e. The summed E-state index contributed by atoms with van der Waals surface area (Å²) in [5.41, 5.74) is -0.0212. The number of nitro groups is 1. The Labute approximate surface area is 134 Å². The molecule has 23 heavy (non-hydrogen) atoms. The van der Waals surface area contributed by atoms with Crippen molar-refractivity contribution in [3.8, 4) is 5.75 Å². The number of rotatable bonds is 7. The van der Waals surface area contributed by atoms with Crippen LogP contribution in [0.15, 0.2) is 12.1 Å². The summed E-state index contributed by atoms with van der Waals surface area (Å²) >= 11 is 0. The monoisotopic (exact) mass is 327 g/mol. The van der Waals surface area contributed by atoms with Crippen molar-refractivity contribution in [3.05, 3.63) is 28.1 Å². The Balaban J connectivity index is 1.99. The molecule has 0 atom stereocenters. The number of halogens is 1. The third-order valence-corrected chi connectivity index (χ3v) is 4.17. The Hall–Kier alpha value is -1.93. The van der Waals surface area contributed by atoms with Gasteiger partial charge in [-0.2, -0.15) is 0 Å². The molecule has 0 amide bonds. The van der Waals surface area contributed by atoms with Crippen molar-refractivity contribution in [1.82, 2.24) is 4.90 Å². The Morgan fingerprint density at radius 2 is 2.17 bits per heavy atom. The SMILES string of the molecule is COc1cc(NCC2CCN(CCO)CC2)c([N+](=O)[O-])cc1F. The second-order valence-electron chi connectivity index (χ2n) is 5.65. The van der Waals surface area contributed by atoms with Crippen LogP contribution in [0.3, 0.4) is 0 Å². The van der Waals surface area contributed by atoms with Gasteiger partial charge in [-0.15, -0.1) is 0 Å². The number of aliphatic hydroxyl groups excluding tert-OH is 1. The van der Waals surface area contributed by atoms with Gasteiger partial charge in [-0.1, -0.05) is 0 Å². The fraction of sp³-hybridized carbons (Fsp3) is 0.600. The molecule has 0 bridgehead atoms. The molecule has 0 aromatic heterocycles. The Morgan fingerprint density at radius 1 is 1.48 bits per heavy atom. The van der Waals surface area contributed by atoms with E-state index in [0.29, 0.717) is 19.0 Å². The highest BCUT2D eigenvalue weighted by Crippen LogP contribution is 2.32. The van der Waals surface area contributed by atoms with Crippen LogP contribution in [0.5, 0.6) is 5.75 Å². The first kappa shape index (κ1) is 17.4. The second kappa shape index (κ2) is 8.07. The molecule has 1 aromatic rings. The fourth-order valence-electron chi connectivity index (χ4n) is 2.80. The van der Waals surface area contributed by atoms with E-state index >= 15 is 0 Å². The molecular formula is C15H22FN3O4. The van der Waals surface area contributed by atoms with Crippen molar-refractivity contribution in [2.24, 2.45) is 5.92 Å². The van der Waals surface area contributed by atoms with Crippen LogP contribution in [0, 0.1) is 21.8 Å². The molecule has 2 rings (SSSR count). The maximum atomic E-state index is 13.6. The van der Waals surface area contributed by atoms with E-state index in [0.717, 1.165) is 32.0 Å². The molecule has 8 heteroatoms. The van der Waals surface area contributed by atoms with E-state index in [1.54, 1.807) is 0 Å². The lowest BCUT2D eigenvalue weighted by Gasteiger charge is -2.31. The standard InChI is InChI=1S/C15H22FN3O4/c1-23-15-9-13(14(19(21)22)8-12(15)16)17-10-11-2-4-18(5-3-11)6-7-20/h8-9,11,17,20H,2-7,10H2,1H3. The lowest BCUT2D eigenvalue weighted by molar-refractivity contribution is -0.384. The molecule has 7 nitrogen and oxygen atoms in total. The zero-order valence-electron chi connectivity index (χ0n) is 13.1.